The van der Waals surface area contributed by atoms with Gasteiger partial charge in [-0.05, 0) is 50.8 Å². The molecule has 1 aromatic carbocycles. The van der Waals surface area contributed by atoms with Gasteiger partial charge in [0, 0.05) is 31.1 Å². The van der Waals surface area contributed by atoms with Gasteiger partial charge in [-0.15, -0.1) is 0 Å². The molecule has 1 saturated carbocycles. The third kappa shape index (κ3) is 3.13. The maximum absolute atomic E-state index is 12.9. The van der Waals surface area contributed by atoms with Gasteiger partial charge >= 0.3 is 6.09 Å². The lowest BCUT2D eigenvalue weighted by molar-refractivity contribution is 0.0581. The Kier molecular flexibility index (Phi) is 4.09. The van der Waals surface area contributed by atoms with Crippen LogP contribution >= 0.6 is 0 Å². The van der Waals surface area contributed by atoms with E-state index in [4.69, 9.17) is 4.74 Å². The van der Waals surface area contributed by atoms with E-state index in [1.165, 1.54) is 11.1 Å². The molecule has 0 N–H and O–H groups in total. The molecule has 2 aromatic rings. The molecule has 1 aliphatic heterocycles. The van der Waals surface area contributed by atoms with Crippen molar-refractivity contribution in [3.05, 3.63) is 47.5 Å². The van der Waals surface area contributed by atoms with Gasteiger partial charge in [0.25, 0.3) is 0 Å². The molecule has 2 unspecified atom stereocenters. The summed E-state index contributed by atoms with van der Waals surface area (Å²) >= 11 is 0. The van der Waals surface area contributed by atoms with E-state index in [1.807, 2.05) is 43.6 Å². The summed E-state index contributed by atoms with van der Waals surface area (Å²) in [7, 11) is 2.00. The van der Waals surface area contributed by atoms with E-state index in [-0.39, 0.29) is 11.5 Å². The number of hydrogen-bond acceptors (Lipinski definition) is 3. The summed E-state index contributed by atoms with van der Waals surface area (Å²) in [6.07, 6.45) is 6.92. The average molecular weight is 367 g/mol. The smallest absolute Gasteiger partial charge is 0.414 e. The molecule has 0 bridgehead atoms. The Hall–Kier alpha value is -2.30. The average Bonchev–Trinajstić information content (AvgIpc) is 2.98. The Labute approximate surface area is 161 Å². The van der Waals surface area contributed by atoms with E-state index >= 15 is 0 Å². The topological polar surface area (TPSA) is 47.4 Å². The van der Waals surface area contributed by atoms with Gasteiger partial charge < -0.3 is 9.30 Å². The Morgan fingerprint density at radius 2 is 2.15 bits per heavy atom. The molecule has 1 fully saturated rings. The Morgan fingerprint density at radius 3 is 2.78 bits per heavy atom. The highest BCUT2D eigenvalue weighted by atomic mass is 16.6. The van der Waals surface area contributed by atoms with Crippen molar-refractivity contribution in [2.45, 2.75) is 63.9 Å². The van der Waals surface area contributed by atoms with E-state index in [0.29, 0.717) is 12.5 Å². The van der Waals surface area contributed by atoms with Crippen molar-refractivity contribution in [1.82, 2.24) is 9.55 Å². The Bertz CT molecular complexity index is 880. The maximum atomic E-state index is 12.9. The largest absolute Gasteiger partial charge is 0.443 e. The molecule has 5 heteroatoms. The summed E-state index contributed by atoms with van der Waals surface area (Å²) in [4.78, 5) is 19.3. The number of amides is 1. The first kappa shape index (κ1) is 18.1. The van der Waals surface area contributed by atoms with E-state index in [2.05, 4.69) is 36.3 Å². The number of imidazole rings is 1. The highest BCUT2D eigenvalue weighted by Gasteiger charge is 2.62. The molecule has 27 heavy (non-hydrogen) atoms. The van der Waals surface area contributed by atoms with Gasteiger partial charge in [0.15, 0.2) is 0 Å². The molecule has 144 valence electrons. The number of carbonyl (C=O) groups excluding carboxylic acids is 1. The number of nitrogens with zero attached hydrogens (tertiary/aromatic N) is 3. The van der Waals surface area contributed by atoms with Crippen LogP contribution in [0.2, 0.25) is 0 Å². The first-order chi connectivity index (χ1) is 12.7. The quantitative estimate of drug-likeness (QED) is 0.799. The summed E-state index contributed by atoms with van der Waals surface area (Å²) in [6, 6.07) is 6.57. The number of ether oxygens (including phenoxy) is 1. The summed E-state index contributed by atoms with van der Waals surface area (Å²) in [5.41, 5.74) is 4.23. The van der Waals surface area contributed by atoms with E-state index < -0.39 is 5.60 Å². The molecule has 1 aromatic heterocycles. The number of benzene rings is 1. The predicted molar refractivity (Wildman–Crippen MR) is 106 cm³/mol. The summed E-state index contributed by atoms with van der Waals surface area (Å²) < 4.78 is 7.69. The number of aryl methyl sites for hydroxylation is 2. The zero-order valence-corrected chi connectivity index (χ0v) is 17.0. The molecule has 0 saturated heterocycles. The van der Waals surface area contributed by atoms with Crippen LogP contribution in [0.1, 0.15) is 63.3 Å². The second-order valence-electron chi connectivity index (χ2n) is 9.04. The maximum Gasteiger partial charge on any atom is 0.414 e. The van der Waals surface area contributed by atoms with Crippen molar-refractivity contribution in [3.8, 4) is 0 Å². The number of rotatable bonds is 3. The van der Waals surface area contributed by atoms with Crippen molar-refractivity contribution in [2.24, 2.45) is 7.05 Å². The molecule has 0 radical (unpaired) electrons. The monoisotopic (exact) mass is 367 g/mol. The summed E-state index contributed by atoms with van der Waals surface area (Å²) in [6.45, 7) is 8.61. The lowest BCUT2D eigenvalue weighted by Crippen LogP contribution is -2.37. The fourth-order valence-electron chi connectivity index (χ4n) is 4.37. The highest BCUT2D eigenvalue weighted by molar-refractivity contribution is 5.92. The second kappa shape index (κ2) is 6.11. The van der Waals surface area contributed by atoms with Gasteiger partial charge in [-0.25, -0.2) is 9.78 Å². The van der Waals surface area contributed by atoms with E-state index in [0.717, 1.165) is 30.6 Å². The third-order valence-corrected chi connectivity index (χ3v) is 5.64. The fourth-order valence-corrected chi connectivity index (χ4v) is 4.37. The Balaban J connectivity index is 1.71. The molecular formula is C22H29N3O2. The molecule has 4 rings (SSSR count). The standard InChI is InChI=1S/C22H29N3O2/c1-6-7-15-8-9-19-16(10-15)22(11-17(22)18-12-24(5)14-23-18)13-25(19)20(26)27-21(2,3)4/h8-10,12,14,17H,6-7,11,13H2,1-5H3. The van der Waals surface area contributed by atoms with Crippen molar-refractivity contribution >= 4 is 11.8 Å². The van der Waals surface area contributed by atoms with Gasteiger partial charge in [0.2, 0.25) is 0 Å². The minimum atomic E-state index is -0.501. The number of aromatic nitrogens is 2. The van der Waals surface area contributed by atoms with Crippen molar-refractivity contribution in [3.63, 3.8) is 0 Å². The van der Waals surface area contributed by atoms with E-state index in [1.54, 1.807) is 0 Å². The van der Waals surface area contributed by atoms with Crippen LogP contribution in [-0.4, -0.2) is 27.8 Å². The van der Waals surface area contributed by atoms with Gasteiger partial charge in [-0.3, -0.25) is 4.90 Å². The van der Waals surface area contributed by atoms with Gasteiger partial charge in [0.1, 0.15) is 5.60 Å². The van der Waals surface area contributed by atoms with Crippen LogP contribution in [0.25, 0.3) is 0 Å². The SMILES string of the molecule is CCCc1ccc2c(c1)C1(CC1c1cn(C)cn1)CN2C(=O)OC(C)(C)C. The first-order valence-corrected chi connectivity index (χ1v) is 9.85. The first-order valence-electron chi connectivity index (χ1n) is 9.85. The van der Waals surface area contributed by atoms with Gasteiger partial charge in [-0.1, -0.05) is 25.5 Å². The molecule has 2 atom stereocenters. The summed E-state index contributed by atoms with van der Waals surface area (Å²) in [5.74, 6) is 0.363. The number of hydrogen-bond donors (Lipinski definition) is 0. The van der Waals surface area contributed by atoms with Crippen molar-refractivity contribution < 1.29 is 9.53 Å². The summed E-state index contributed by atoms with van der Waals surface area (Å²) in [5, 5.41) is 0. The van der Waals surface area contributed by atoms with E-state index in [9.17, 15) is 4.79 Å². The second-order valence-corrected chi connectivity index (χ2v) is 9.04. The van der Waals surface area contributed by atoms with Crippen LogP contribution in [0.15, 0.2) is 30.7 Å². The van der Waals surface area contributed by atoms with Crippen LogP contribution in [0, 0.1) is 0 Å². The normalized spacial score (nSPS) is 23.6. The highest BCUT2D eigenvalue weighted by Crippen LogP contribution is 2.65. The molecule has 5 nitrogen and oxygen atoms in total. The molecule has 2 aliphatic rings. The minimum absolute atomic E-state index is 0.0235. The predicted octanol–water partition coefficient (Wildman–Crippen LogP) is 4.55. The number of fused-ring (bicyclic) bond motifs is 2. The zero-order valence-electron chi connectivity index (χ0n) is 17.0. The van der Waals surface area contributed by atoms with Crippen molar-refractivity contribution in [1.29, 1.82) is 0 Å². The van der Waals surface area contributed by atoms with Crippen molar-refractivity contribution in [2.75, 3.05) is 11.4 Å². The number of carbonyl (C=O) groups is 1. The fraction of sp³-hybridized carbons (Fsp3) is 0.545. The molecule has 1 spiro atoms. The Morgan fingerprint density at radius 1 is 1.37 bits per heavy atom. The van der Waals surface area contributed by atoms with Crippen LogP contribution in [0.4, 0.5) is 10.5 Å². The van der Waals surface area contributed by atoms with Gasteiger partial charge in [0.05, 0.1) is 17.7 Å². The zero-order chi connectivity index (χ0) is 19.4. The van der Waals surface area contributed by atoms with Crippen LogP contribution in [-0.2, 0) is 23.6 Å². The number of anilines is 1. The van der Waals surface area contributed by atoms with Crippen LogP contribution in [0.5, 0.6) is 0 Å². The molecule has 2 heterocycles. The minimum Gasteiger partial charge on any atom is -0.443 e. The third-order valence-electron chi connectivity index (χ3n) is 5.64. The lowest BCUT2D eigenvalue weighted by atomic mass is 9.92. The molecule has 1 amide bonds. The van der Waals surface area contributed by atoms with Crippen LogP contribution < -0.4 is 4.90 Å². The van der Waals surface area contributed by atoms with Crippen LogP contribution in [0.3, 0.4) is 0 Å². The van der Waals surface area contributed by atoms with Gasteiger partial charge in [-0.2, -0.15) is 0 Å². The molecular weight excluding hydrogens is 338 g/mol. The lowest BCUT2D eigenvalue weighted by Gasteiger charge is -2.25. The molecule has 1 aliphatic carbocycles.